The molecule has 0 spiro atoms. The highest BCUT2D eigenvalue weighted by atomic mass is 16.4. The van der Waals surface area contributed by atoms with Gasteiger partial charge in [0.05, 0.1) is 29.7 Å². The molecule has 0 bridgehead atoms. The van der Waals surface area contributed by atoms with Crippen molar-refractivity contribution in [3.05, 3.63) is 47.8 Å². The standard InChI is InChI=1S/C14H15N3O4/c1-9-11(13(19)16-12(8-18)14(20)21)7-15-17(9)10-5-3-2-4-6-10/h2-7,12,18H,8H2,1H3,(H,16,19)(H,20,21). The monoisotopic (exact) mass is 289 g/mol. The molecule has 1 aromatic heterocycles. The van der Waals surface area contributed by atoms with E-state index in [2.05, 4.69) is 10.4 Å². The maximum Gasteiger partial charge on any atom is 0.328 e. The largest absolute Gasteiger partial charge is 0.480 e. The molecule has 2 aromatic rings. The number of nitrogens with one attached hydrogen (secondary N) is 1. The summed E-state index contributed by atoms with van der Waals surface area (Å²) in [5, 5.41) is 24.1. The van der Waals surface area contributed by atoms with Crippen molar-refractivity contribution < 1.29 is 19.8 Å². The first-order valence-electron chi connectivity index (χ1n) is 6.29. The van der Waals surface area contributed by atoms with Gasteiger partial charge >= 0.3 is 5.97 Å². The molecule has 0 saturated carbocycles. The molecule has 1 unspecified atom stereocenters. The van der Waals surface area contributed by atoms with E-state index in [1.165, 1.54) is 6.20 Å². The van der Waals surface area contributed by atoms with Gasteiger partial charge in [-0.1, -0.05) is 18.2 Å². The lowest BCUT2D eigenvalue weighted by Gasteiger charge is -2.11. The summed E-state index contributed by atoms with van der Waals surface area (Å²) in [7, 11) is 0. The molecule has 21 heavy (non-hydrogen) atoms. The van der Waals surface area contributed by atoms with Crippen molar-refractivity contribution in [2.45, 2.75) is 13.0 Å². The van der Waals surface area contributed by atoms with Gasteiger partial charge in [0.1, 0.15) is 0 Å². The summed E-state index contributed by atoms with van der Waals surface area (Å²) < 4.78 is 1.59. The smallest absolute Gasteiger partial charge is 0.328 e. The molecule has 1 atom stereocenters. The predicted molar refractivity (Wildman–Crippen MR) is 74.3 cm³/mol. The second-order valence-corrected chi connectivity index (χ2v) is 4.44. The molecule has 0 radical (unpaired) electrons. The molecule has 0 fully saturated rings. The highest BCUT2D eigenvalue weighted by molar-refractivity contribution is 5.97. The molecule has 0 aliphatic heterocycles. The lowest BCUT2D eigenvalue weighted by atomic mass is 10.2. The minimum Gasteiger partial charge on any atom is -0.480 e. The number of carboxylic acid groups (broad SMARTS) is 1. The van der Waals surface area contributed by atoms with Crippen LogP contribution in [0.3, 0.4) is 0 Å². The van der Waals surface area contributed by atoms with Crippen molar-refractivity contribution >= 4 is 11.9 Å². The van der Waals surface area contributed by atoms with E-state index >= 15 is 0 Å². The van der Waals surface area contributed by atoms with Crippen molar-refractivity contribution in [1.29, 1.82) is 0 Å². The number of aromatic nitrogens is 2. The maximum absolute atomic E-state index is 12.0. The van der Waals surface area contributed by atoms with E-state index in [1.807, 2.05) is 30.3 Å². The molecule has 0 aliphatic rings. The zero-order valence-electron chi connectivity index (χ0n) is 11.4. The summed E-state index contributed by atoms with van der Waals surface area (Å²) in [6.45, 7) is 1.04. The first kappa shape index (κ1) is 14.7. The molecule has 1 amide bonds. The van der Waals surface area contributed by atoms with Crippen LogP contribution in [0.1, 0.15) is 16.1 Å². The molecule has 1 aromatic carbocycles. The molecule has 2 rings (SSSR count). The Balaban J connectivity index is 2.24. The molecule has 7 heteroatoms. The van der Waals surface area contributed by atoms with Gasteiger partial charge in [-0.05, 0) is 19.1 Å². The van der Waals surface area contributed by atoms with Gasteiger partial charge < -0.3 is 15.5 Å². The summed E-state index contributed by atoms with van der Waals surface area (Å²) in [4.78, 5) is 22.9. The number of para-hydroxylation sites is 1. The van der Waals surface area contributed by atoms with Crippen LogP contribution in [0.15, 0.2) is 36.5 Å². The van der Waals surface area contributed by atoms with E-state index in [4.69, 9.17) is 10.2 Å². The summed E-state index contributed by atoms with van der Waals surface area (Å²) in [6.07, 6.45) is 1.37. The SMILES string of the molecule is Cc1c(C(=O)NC(CO)C(=O)O)cnn1-c1ccccc1. The fraction of sp³-hybridized carbons (Fsp3) is 0.214. The highest BCUT2D eigenvalue weighted by Crippen LogP contribution is 2.13. The van der Waals surface area contributed by atoms with E-state index in [0.29, 0.717) is 5.69 Å². The van der Waals surface area contributed by atoms with Crippen LogP contribution < -0.4 is 5.32 Å². The van der Waals surface area contributed by atoms with E-state index < -0.39 is 24.5 Å². The lowest BCUT2D eigenvalue weighted by Crippen LogP contribution is -2.43. The van der Waals surface area contributed by atoms with Crippen LogP contribution in [-0.4, -0.2) is 44.5 Å². The molecule has 7 nitrogen and oxygen atoms in total. The minimum absolute atomic E-state index is 0.263. The van der Waals surface area contributed by atoms with Gasteiger partial charge in [-0.3, -0.25) is 4.79 Å². The van der Waals surface area contributed by atoms with E-state index in [1.54, 1.807) is 11.6 Å². The van der Waals surface area contributed by atoms with Crippen LogP contribution in [0.25, 0.3) is 5.69 Å². The number of nitrogens with zero attached hydrogens (tertiary/aromatic N) is 2. The zero-order valence-corrected chi connectivity index (χ0v) is 11.4. The van der Waals surface area contributed by atoms with Crippen LogP contribution in [0.5, 0.6) is 0 Å². The molecule has 1 heterocycles. The Kier molecular flexibility index (Phi) is 4.34. The Morgan fingerprint density at radius 2 is 2.00 bits per heavy atom. The van der Waals surface area contributed by atoms with Crippen LogP contribution in [0.2, 0.25) is 0 Å². The van der Waals surface area contributed by atoms with E-state index in [0.717, 1.165) is 5.69 Å². The van der Waals surface area contributed by atoms with Gasteiger partial charge in [-0.15, -0.1) is 0 Å². The summed E-state index contributed by atoms with van der Waals surface area (Å²) >= 11 is 0. The number of aliphatic carboxylic acids is 1. The van der Waals surface area contributed by atoms with Crippen LogP contribution in [-0.2, 0) is 4.79 Å². The Bertz CT molecular complexity index is 651. The third kappa shape index (κ3) is 3.09. The average Bonchev–Trinajstić information content (AvgIpc) is 2.87. The first-order valence-corrected chi connectivity index (χ1v) is 6.29. The fourth-order valence-electron chi connectivity index (χ4n) is 1.88. The van der Waals surface area contributed by atoms with E-state index in [-0.39, 0.29) is 5.56 Å². The third-order valence-corrected chi connectivity index (χ3v) is 3.04. The van der Waals surface area contributed by atoms with Crippen LogP contribution >= 0.6 is 0 Å². The normalized spacial score (nSPS) is 11.9. The van der Waals surface area contributed by atoms with Crippen LogP contribution in [0.4, 0.5) is 0 Å². The van der Waals surface area contributed by atoms with Crippen molar-refractivity contribution in [3.8, 4) is 5.69 Å². The maximum atomic E-state index is 12.0. The lowest BCUT2D eigenvalue weighted by molar-refractivity contribution is -0.140. The molecular formula is C14H15N3O4. The number of hydrogen-bond acceptors (Lipinski definition) is 4. The predicted octanol–water partition coefficient (Wildman–Crippen LogP) is 0.356. The van der Waals surface area contributed by atoms with Gasteiger partial charge in [0.2, 0.25) is 0 Å². The van der Waals surface area contributed by atoms with Gasteiger partial charge in [-0.25, -0.2) is 9.48 Å². The summed E-state index contributed by atoms with van der Waals surface area (Å²) in [5.74, 6) is -1.88. The van der Waals surface area contributed by atoms with Crippen molar-refractivity contribution in [2.24, 2.45) is 0 Å². The number of carbonyl (C=O) groups excluding carboxylic acids is 1. The van der Waals surface area contributed by atoms with E-state index in [9.17, 15) is 9.59 Å². The van der Waals surface area contributed by atoms with Gasteiger partial charge in [0.25, 0.3) is 5.91 Å². The first-order chi connectivity index (χ1) is 10.0. The summed E-state index contributed by atoms with van der Waals surface area (Å²) in [5.41, 5.74) is 1.64. The molecular weight excluding hydrogens is 274 g/mol. The number of benzene rings is 1. The Morgan fingerprint density at radius 1 is 1.33 bits per heavy atom. The Labute approximate surface area is 120 Å². The number of rotatable bonds is 5. The van der Waals surface area contributed by atoms with Gasteiger partial charge in [0, 0.05) is 0 Å². The van der Waals surface area contributed by atoms with Gasteiger partial charge in [-0.2, -0.15) is 5.10 Å². The highest BCUT2D eigenvalue weighted by Gasteiger charge is 2.22. The minimum atomic E-state index is -1.34. The zero-order chi connectivity index (χ0) is 15.4. The Hall–Kier alpha value is -2.67. The number of carboxylic acids is 1. The van der Waals surface area contributed by atoms with Crippen molar-refractivity contribution in [1.82, 2.24) is 15.1 Å². The number of carbonyl (C=O) groups is 2. The second-order valence-electron chi connectivity index (χ2n) is 4.44. The molecule has 110 valence electrons. The number of aliphatic hydroxyl groups excluding tert-OH is 1. The van der Waals surface area contributed by atoms with Gasteiger partial charge in [0.15, 0.2) is 6.04 Å². The fourth-order valence-corrected chi connectivity index (χ4v) is 1.88. The molecule has 0 aliphatic carbocycles. The topological polar surface area (TPSA) is 104 Å². The number of hydrogen-bond donors (Lipinski definition) is 3. The summed E-state index contributed by atoms with van der Waals surface area (Å²) in [6, 6.07) is 7.92. The van der Waals surface area contributed by atoms with Crippen molar-refractivity contribution in [2.75, 3.05) is 6.61 Å². The quantitative estimate of drug-likeness (QED) is 0.737. The Morgan fingerprint density at radius 3 is 2.57 bits per heavy atom. The van der Waals surface area contributed by atoms with Crippen LogP contribution in [0, 0.1) is 6.92 Å². The average molecular weight is 289 g/mol. The second kappa shape index (κ2) is 6.19. The molecule has 3 N–H and O–H groups in total. The third-order valence-electron chi connectivity index (χ3n) is 3.04. The number of aliphatic hydroxyl groups is 1. The van der Waals surface area contributed by atoms with Crippen molar-refractivity contribution in [3.63, 3.8) is 0 Å². The number of amides is 1. The molecule has 0 saturated heterocycles.